The lowest BCUT2D eigenvalue weighted by atomic mass is 10.2. The smallest absolute Gasteiger partial charge is 0.209 e. The van der Waals surface area contributed by atoms with Crippen LogP contribution in [-0.2, 0) is 5.75 Å². The third-order valence-corrected chi connectivity index (χ3v) is 4.93. The predicted molar refractivity (Wildman–Crippen MR) is 92.9 cm³/mol. The van der Waals surface area contributed by atoms with Crippen LogP contribution in [0, 0.1) is 0 Å². The van der Waals surface area contributed by atoms with Gasteiger partial charge in [-0.3, -0.25) is 5.10 Å². The molecule has 0 spiro atoms. The Hall–Kier alpha value is -1.20. The van der Waals surface area contributed by atoms with Crippen LogP contribution in [0.25, 0.3) is 11.4 Å². The highest BCUT2D eigenvalue weighted by molar-refractivity contribution is 7.98. The molecule has 7 heteroatoms. The number of rotatable bonds is 4. The zero-order valence-electron chi connectivity index (χ0n) is 11.2. The highest BCUT2D eigenvalue weighted by Gasteiger charge is 2.09. The lowest BCUT2D eigenvalue weighted by Crippen LogP contribution is -1.83. The summed E-state index contributed by atoms with van der Waals surface area (Å²) in [6.07, 6.45) is 0. The van der Waals surface area contributed by atoms with Crippen LogP contribution in [0.4, 0.5) is 0 Å². The fourth-order valence-corrected chi connectivity index (χ4v) is 3.15. The molecule has 0 saturated heterocycles. The van der Waals surface area contributed by atoms with Gasteiger partial charge in [-0.1, -0.05) is 64.8 Å². The van der Waals surface area contributed by atoms with Gasteiger partial charge in [0.05, 0.1) is 15.1 Å². The van der Waals surface area contributed by atoms with Gasteiger partial charge in [0.1, 0.15) is 0 Å². The van der Waals surface area contributed by atoms with E-state index >= 15 is 0 Å². The highest BCUT2D eigenvalue weighted by atomic mass is 35.5. The van der Waals surface area contributed by atoms with E-state index in [9.17, 15) is 0 Å². The summed E-state index contributed by atoms with van der Waals surface area (Å²) in [7, 11) is 0. The van der Waals surface area contributed by atoms with Crippen LogP contribution in [0.5, 0.6) is 0 Å². The minimum absolute atomic E-state index is 0.548. The van der Waals surface area contributed by atoms with E-state index in [4.69, 9.17) is 34.8 Å². The van der Waals surface area contributed by atoms with Gasteiger partial charge in [-0.05, 0) is 29.8 Å². The molecular weight excluding hydrogens is 361 g/mol. The Labute approximate surface area is 147 Å². The molecule has 3 rings (SSSR count). The summed E-state index contributed by atoms with van der Waals surface area (Å²) in [5.74, 6) is 1.36. The van der Waals surface area contributed by atoms with Gasteiger partial charge in [-0.2, -0.15) is 0 Å². The Kier molecular flexibility index (Phi) is 4.93. The molecule has 3 nitrogen and oxygen atoms in total. The SMILES string of the molecule is Clc1ccc(CSc2n[nH]c(-c3ccccc3Cl)n2)cc1Cl. The van der Waals surface area contributed by atoms with Gasteiger partial charge < -0.3 is 0 Å². The zero-order valence-corrected chi connectivity index (χ0v) is 14.3. The lowest BCUT2D eigenvalue weighted by Gasteiger charge is -2.01. The molecule has 0 aliphatic rings. The predicted octanol–water partition coefficient (Wildman–Crippen LogP) is 5.72. The Morgan fingerprint density at radius 2 is 1.77 bits per heavy atom. The molecule has 112 valence electrons. The average Bonchev–Trinajstić information content (AvgIpc) is 2.98. The fourth-order valence-electron chi connectivity index (χ4n) is 1.86. The largest absolute Gasteiger partial charge is 0.258 e. The van der Waals surface area contributed by atoms with Crippen molar-refractivity contribution < 1.29 is 0 Å². The molecule has 0 aliphatic heterocycles. The molecule has 3 aromatic rings. The number of thioether (sulfide) groups is 1. The zero-order chi connectivity index (χ0) is 15.5. The summed E-state index contributed by atoms with van der Waals surface area (Å²) < 4.78 is 0. The Morgan fingerprint density at radius 3 is 2.55 bits per heavy atom. The standard InChI is InChI=1S/C15H10Cl3N3S/c16-11-4-2-1-3-10(11)14-19-15(21-20-14)22-8-9-5-6-12(17)13(18)7-9/h1-7H,8H2,(H,19,20,21). The second kappa shape index (κ2) is 6.92. The number of aromatic nitrogens is 3. The first kappa shape index (κ1) is 15.7. The van der Waals surface area contributed by atoms with Crippen molar-refractivity contribution in [1.29, 1.82) is 0 Å². The first-order valence-electron chi connectivity index (χ1n) is 6.37. The first-order valence-corrected chi connectivity index (χ1v) is 8.49. The quantitative estimate of drug-likeness (QED) is 0.597. The maximum Gasteiger partial charge on any atom is 0.209 e. The van der Waals surface area contributed by atoms with Crippen molar-refractivity contribution in [2.45, 2.75) is 10.9 Å². The van der Waals surface area contributed by atoms with Crippen LogP contribution in [0.1, 0.15) is 5.56 Å². The molecule has 0 bridgehead atoms. The minimum atomic E-state index is 0.548. The fraction of sp³-hybridized carbons (Fsp3) is 0.0667. The summed E-state index contributed by atoms with van der Waals surface area (Å²) >= 11 is 19.6. The van der Waals surface area contributed by atoms with Crippen LogP contribution >= 0.6 is 46.6 Å². The van der Waals surface area contributed by atoms with Crippen LogP contribution < -0.4 is 0 Å². The van der Waals surface area contributed by atoms with Crippen molar-refractivity contribution in [3.63, 3.8) is 0 Å². The summed E-state index contributed by atoms with van der Waals surface area (Å²) in [6, 6.07) is 13.1. The normalized spacial score (nSPS) is 10.9. The topological polar surface area (TPSA) is 41.6 Å². The molecular formula is C15H10Cl3N3S. The molecule has 1 heterocycles. The van der Waals surface area contributed by atoms with Crippen LogP contribution in [0.2, 0.25) is 15.1 Å². The Balaban J connectivity index is 1.72. The van der Waals surface area contributed by atoms with Crippen molar-refractivity contribution >= 4 is 46.6 Å². The molecule has 0 saturated carbocycles. The number of hydrogen-bond donors (Lipinski definition) is 1. The summed E-state index contributed by atoms with van der Waals surface area (Å²) in [6.45, 7) is 0. The molecule has 1 N–H and O–H groups in total. The van der Waals surface area contributed by atoms with E-state index in [1.165, 1.54) is 11.8 Å². The molecule has 1 aromatic heterocycles. The van der Waals surface area contributed by atoms with E-state index < -0.39 is 0 Å². The number of hydrogen-bond acceptors (Lipinski definition) is 3. The maximum atomic E-state index is 6.15. The van der Waals surface area contributed by atoms with Gasteiger partial charge in [-0.25, -0.2) is 4.98 Å². The van der Waals surface area contributed by atoms with E-state index in [2.05, 4.69) is 15.2 Å². The lowest BCUT2D eigenvalue weighted by molar-refractivity contribution is 0.973. The van der Waals surface area contributed by atoms with E-state index in [1.807, 2.05) is 36.4 Å². The monoisotopic (exact) mass is 369 g/mol. The summed E-state index contributed by atoms with van der Waals surface area (Å²) in [5.41, 5.74) is 1.89. The maximum absolute atomic E-state index is 6.15. The third kappa shape index (κ3) is 3.58. The van der Waals surface area contributed by atoms with Crippen LogP contribution in [0.15, 0.2) is 47.6 Å². The molecule has 0 amide bonds. The second-order valence-corrected chi connectivity index (χ2v) is 6.65. The van der Waals surface area contributed by atoms with Gasteiger partial charge >= 0.3 is 0 Å². The first-order chi connectivity index (χ1) is 10.6. The van der Waals surface area contributed by atoms with E-state index in [0.717, 1.165) is 11.1 Å². The van der Waals surface area contributed by atoms with Gasteiger partial charge in [0.2, 0.25) is 5.16 Å². The van der Waals surface area contributed by atoms with Crippen LogP contribution in [0.3, 0.4) is 0 Å². The third-order valence-electron chi connectivity index (χ3n) is 2.95. The van der Waals surface area contributed by atoms with Crippen molar-refractivity contribution in [1.82, 2.24) is 15.2 Å². The van der Waals surface area contributed by atoms with Gasteiger partial charge in [0.15, 0.2) is 5.82 Å². The van der Waals surface area contributed by atoms with E-state index in [1.54, 1.807) is 6.07 Å². The highest BCUT2D eigenvalue weighted by Crippen LogP contribution is 2.28. The Morgan fingerprint density at radius 1 is 0.955 bits per heavy atom. The molecule has 0 radical (unpaired) electrons. The van der Waals surface area contributed by atoms with Crippen molar-refractivity contribution in [2.75, 3.05) is 0 Å². The minimum Gasteiger partial charge on any atom is -0.258 e. The average molecular weight is 371 g/mol. The number of aromatic amines is 1. The molecule has 0 fully saturated rings. The summed E-state index contributed by atoms with van der Waals surface area (Å²) in [5, 5.41) is 9.49. The molecule has 2 aromatic carbocycles. The Bertz CT molecular complexity index is 804. The van der Waals surface area contributed by atoms with Gasteiger partial charge in [0.25, 0.3) is 0 Å². The number of nitrogens with zero attached hydrogens (tertiary/aromatic N) is 2. The number of benzene rings is 2. The number of halogens is 3. The van der Waals surface area contributed by atoms with Crippen molar-refractivity contribution in [3.05, 3.63) is 63.1 Å². The molecule has 0 unspecified atom stereocenters. The molecule has 0 aliphatic carbocycles. The van der Waals surface area contributed by atoms with Crippen molar-refractivity contribution in [3.8, 4) is 11.4 Å². The second-order valence-electron chi connectivity index (χ2n) is 4.48. The number of nitrogens with one attached hydrogen (secondary N) is 1. The van der Waals surface area contributed by atoms with E-state index in [0.29, 0.717) is 31.8 Å². The number of H-pyrrole nitrogens is 1. The van der Waals surface area contributed by atoms with Gasteiger partial charge in [-0.15, -0.1) is 5.10 Å². The van der Waals surface area contributed by atoms with Crippen LogP contribution in [-0.4, -0.2) is 15.2 Å². The molecule has 0 atom stereocenters. The van der Waals surface area contributed by atoms with Crippen molar-refractivity contribution in [2.24, 2.45) is 0 Å². The summed E-state index contributed by atoms with van der Waals surface area (Å²) in [4.78, 5) is 4.45. The van der Waals surface area contributed by atoms with Gasteiger partial charge in [0, 0.05) is 11.3 Å². The molecule has 22 heavy (non-hydrogen) atoms. The van der Waals surface area contributed by atoms with E-state index in [-0.39, 0.29) is 0 Å².